The van der Waals surface area contributed by atoms with Gasteiger partial charge in [-0.1, -0.05) is 36.4 Å². The number of anilines is 1. The van der Waals surface area contributed by atoms with E-state index in [9.17, 15) is 14.4 Å². The van der Waals surface area contributed by atoms with Crippen LogP contribution in [0.4, 0.5) is 10.5 Å². The van der Waals surface area contributed by atoms with Gasteiger partial charge in [0, 0.05) is 17.3 Å². The zero-order valence-corrected chi connectivity index (χ0v) is 17.6. The maximum absolute atomic E-state index is 13.2. The third-order valence-electron chi connectivity index (χ3n) is 5.65. The number of nitrogens with zero attached hydrogens (tertiary/aromatic N) is 2. The van der Waals surface area contributed by atoms with E-state index in [0.29, 0.717) is 33.7 Å². The van der Waals surface area contributed by atoms with E-state index in [2.05, 4.69) is 25.9 Å². The van der Waals surface area contributed by atoms with Crippen molar-refractivity contribution in [2.24, 2.45) is 0 Å². The highest BCUT2D eigenvalue weighted by molar-refractivity contribution is 6.13. The summed E-state index contributed by atoms with van der Waals surface area (Å²) in [6, 6.07) is 21.0. The molecule has 4 amide bonds. The molecule has 0 bridgehead atoms. The number of urea groups is 1. The predicted molar refractivity (Wildman–Crippen MR) is 123 cm³/mol. The van der Waals surface area contributed by atoms with Crippen LogP contribution in [0.5, 0.6) is 0 Å². The number of amides is 4. The van der Waals surface area contributed by atoms with E-state index >= 15 is 0 Å². The Morgan fingerprint density at radius 3 is 2.39 bits per heavy atom. The number of rotatable bonds is 4. The lowest BCUT2D eigenvalue weighted by Crippen LogP contribution is -2.40. The van der Waals surface area contributed by atoms with Crippen molar-refractivity contribution in [2.75, 3.05) is 5.32 Å². The van der Waals surface area contributed by atoms with Crippen molar-refractivity contribution in [3.63, 3.8) is 0 Å². The number of nitrogens with one attached hydrogen (secondary N) is 3. The number of hydrogen-bond donors (Lipinski definition) is 3. The molecular weight excluding hydrogens is 418 g/mol. The van der Waals surface area contributed by atoms with Gasteiger partial charge in [0.05, 0.1) is 22.5 Å². The molecule has 3 heterocycles. The van der Waals surface area contributed by atoms with Crippen molar-refractivity contribution in [2.45, 2.75) is 12.5 Å². The van der Waals surface area contributed by atoms with Gasteiger partial charge in [-0.05, 0) is 48.9 Å². The summed E-state index contributed by atoms with van der Waals surface area (Å²) >= 11 is 0. The third-order valence-corrected chi connectivity index (χ3v) is 5.65. The number of benzene rings is 2. The molecule has 8 heteroatoms. The zero-order valence-electron chi connectivity index (χ0n) is 17.6. The molecule has 3 N–H and O–H groups in total. The summed E-state index contributed by atoms with van der Waals surface area (Å²) in [7, 11) is 0. The van der Waals surface area contributed by atoms with Gasteiger partial charge in [-0.3, -0.25) is 19.9 Å². The molecule has 0 saturated carbocycles. The first-order valence-corrected chi connectivity index (χ1v) is 10.3. The van der Waals surface area contributed by atoms with Crippen molar-refractivity contribution < 1.29 is 14.4 Å². The second-order valence-electron chi connectivity index (χ2n) is 7.85. The molecule has 2 aromatic carbocycles. The number of pyridine rings is 2. The van der Waals surface area contributed by atoms with E-state index < -0.39 is 17.5 Å². The lowest BCUT2D eigenvalue weighted by Gasteiger charge is -2.21. The zero-order chi connectivity index (χ0) is 23.0. The monoisotopic (exact) mass is 437 g/mol. The Morgan fingerprint density at radius 2 is 1.70 bits per heavy atom. The molecular formula is C25H19N5O3. The summed E-state index contributed by atoms with van der Waals surface area (Å²) in [6.45, 7) is 1.63. The fourth-order valence-electron chi connectivity index (χ4n) is 3.84. The summed E-state index contributed by atoms with van der Waals surface area (Å²) < 4.78 is 0. The van der Waals surface area contributed by atoms with Crippen molar-refractivity contribution >= 4 is 34.4 Å². The molecule has 0 aliphatic carbocycles. The highest BCUT2D eigenvalue weighted by Crippen LogP contribution is 2.27. The van der Waals surface area contributed by atoms with E-state index in [1.165, 1.54) is 0 Å². The van der Waals surface area contributed by atoms with Gasteiger partial charge in [0.1, 0.15) is 5.54 Å². The molecule has 2 aromatic heterocycles. The maximum atomic E-state index is 13.2. The number of carbonyl (C=O) groups is 3. The van der Waals surface area contributed by atoms with Crippen LogP contribution in [0.1, 0.15) is 22.8 Å². The van der Waals surface area contributed by atoms with Gasteiger partial charge in [0.2, 0.25) is 0 Å². The van der Waals surface area contributed by atoms with Gasteiger partial charge in [-0.2, -0.15) is 0 Å². The number of imide groups is 1. The first-order valence-electron chi connectivity index (χ1n) is 10.3. The summed E-state index contributed by atoms with van der Waals surface area (Å²) in [6.07, 6.45) is 1.68. The van der Waals surface area contributed by atoms with Crippen molar-refractivity contribution in [1.29, 1.82) is 0 Å². The number of para-hydroxylation sites is 1. The first-order chi connectivity index (χ1) is 15.9. The van der Waals surface area contributed by atoms with E-state index in [-0.39, 0.29) is 5.91 Å². The third kappa shape index (κ3) is 3.67. The summed E-state index contributed by atoms with van der Waals surface area (Å²) in [5.41, 5.74) is 2.45. The first kappa shape index (κ1) is 20.3. The second-order valence-corrected chi connectivity index (χ2v) is 7.85. The average Bonchev–Trinajstić information content (AvgIpc) is 3.11. The van der Waals surface area contributed by atoms with Crippen LogP contribution in [0.3, 0.4) is 0 Å². The average molecular weight is 437 g/mol. The van der Waals surface area contributed by atoms with Crippen LogP contribution in [-0.2, 0) is 10.3 Å². The Hall–Kier alpha value is -4.59. The van der Waals surface area contributed by atoms with Crippen LogP contribution >= 0.6 is 0 Å². The van der Waals surface area contributed by atoms with E-state index in [1.807, 2.05) is 42.5 Å². The number of carbonyl (C=O) groups excluding carboxylic acids is 3. The standard InChI is InChI=1S/C25H19N5O3/c1-25(23(32)29-24(33)30-25)15-9-11-16(12-10-15)27-22(31)18-14-21(20-8-4-5-13-26-20)28-19-7-3-2-6-17(18)19/h2-14H,1H3,(H,27,31)(H2,29,30,32,33). The summed E-state index contributed by atoms with van der Waals surface area (Å²) in [5, 5.41) is 8.50. The van der Waals surface area contributed by atoms with Crippen molar-refractivity contribution in [1.82, 2.24) is 20.6 Å². The Balaban J connectivity index is 1.46. The fourth-order valence-corrected chi connectivity index (χ4v) is 3.84. The number of fused-ring (bicyclic) bond motifs is 1. The minimum atomic E-state index is -1.15. The molecule has 5 rings (SSSR count). The van der Waals surface area contributed by atoms with Crippen LogP contribution in [-0.4, -0.2) is 27.8 Å². The summed E-state index contributed by atoms with van der Waals surface area (Å²) in [4.78, 5) is 45.9. The van der Waals surface area contributed by atoms with E-state index in [1.54, 1.807) is 43.5 Å². The molecule has 33 heavy (non-hydrogen) atoms. The SMILES string of the molecule is CC1(c2ccc(NC(=O)c3cc(-c4ccccn4)nc4ccccc34)cc2)NC(=O)NC1=O. The Kier molecular flexibility index (Phi) is 4.82. The van der Waals surface area contributed by atoms with Crippen LogP contribution in [0.15, 0.2) is 79.0 Å². The number of aromatic nitrogens is 2. The molecule has 0 spiro atoms. The quantitative estimate of drug-likeness (QED) is 0.422. The molecule has 162 valence electrons. The van der Waals surface area contributed by atoms with Gasteiger partial charge in [-0.15, -0.1) is 0 Å². The van der Waals surface area contributed by atoms with Crippen LogP contribution in [0.25, 0.3) is 22.3 Å². The van der Waals surface area contributed by atoms with Crippen molar-refractivity contribution in [3.8, 4) is 11.4 Å². The van der Waals surface area contributed by atoms with Gasteiger partial charge in [0.25, 0.3) is 11.8 Å². The number of hydrogen-bond acceptors (Lipinski definition) is 5. The normalized spacial score (nSPS) is 17.5. The van der Waals surface area contributed by atoms with Crippen LogP contribution in [0, 0.1) is 0 Å². The lowest BCUT2D eigenvalue weighted by atomic mass is 9.92. The van der Waals surface area contributed by atoms with Gasteiger partial charge >= 0.3 is 6.03 Å². The molecule has 1 aliphatic heterocycles. The minimum absolute atomic E-state index is 0.295. The van der Waals surface area contributed by atoms with Crippen LogP contribution < -0.4 is 16.0 Å². The Bertz CT molecular complexity index is 1400. The minimum Gasteiger partial charge on any atom is -0.322 e. The molecule has 0 radical (unpaired) electrons. The second kappa shape index (κ2) is 7.83. The smallest absolute Gasteiger partial charge is 0.322 e. The van der Waals surface area contributed by atoms with Crippen molar-refractivity contribution in [3.05, 3.63) is 90.1 Å². The Labute approximate surface area is 189 Å². The van der Waals surface area contributed by atoms with Gasteiger partial charge < -0.3 is 10.6 Å². The van der Waals surface area contributed by atoms with Gasteiger partial charge in [0.15, 0.2) is 0 Å². The predicted octanol–water partition coefficient (Wildman–Crippen LogP) is 3.60. The highest BCUT2D eigenvalue weighted by atomic mass is 16.2. The van der Waals surface area contributed by atoms with Gasteiger partial charge in [-0.25, -0.2) is 9.78 Å². The highest BCUT2D eigenvalue weighted by Gasteiger charge is 2.43. The molecule has 1 saturated heterocycles. The summed E-state index contributed by atoms with van der Waals surface area (Å²) in [5.74, 6) is -0.716. The molecule has 4 aromatic rings. The molecule has 1 unspecified atom stereocenters. The molecule has 8 nitrogen and oxygen atoms in total. The fraction of sp³-hybridized carbons (Fsp3) is 0.0800. The molecule has 1 fully saturated rings. The Morgan fingerprint density at radius 1 is 0.939 bits per heavy atom. The molecule has 1 atom stereocenters. The topological polar surface area (TPSA) is 113 Å². The van der Waals surface area contributed by atoms with E-state index in [4.69, 9.17) is 0 Å². The van der Waals surface area contributed by atoms with Crippen LogP contribution in [0.2, 0.25) is 0 Å². The molecule has 1 aliphatic rings. The lowest BCUT2D eigenvalue weighted by molar-refractivity contribution is -0.123. The maximum Gasteiger partial charge on any atom is 0.322 e. The van der Waals surface area contributed by atoms with E-state index in [0.717, 1.165) is 5.39 Å². The largest absolute Gasteiger partial charge is 0.322 e.